The molecular formula is C28H36F3N5O3S. The largest absolute Gasteiger partial charge is 0.444 e. The van der Waals surface area contributed by atoms with Crippen molar-refractivity contribution in [2.75, 3.05) is 6.61 Å². The number of halogens is 3. The number of amides is 1. The molecule has 0 radical (unpaired) electrons. The maximum Gasteiger partial charge on any atom is 0.417 e. The third-order valence-corrected chi connectivity index (χ3v) is 7.88. The summed E-state index contributed by atoms with van der Waals surface area (Å²) in [5.41, 5.74) is -2.82. The zero-order valence-corrected chi connectivity index (χ0v) is 24.9. The Balaban J connectivity index is 1.68. The van der Waals surface area contributed by atoms with Crippen LogP contribution in [0.25, 0.3) is 21.7 Å². The van der Waals surface area contributed by atoms with Crippen LogP contribution in [0.4, 0.5) is 18.0 Å². The van der Waals surface area contributed by atoms with Crippen LogP contribution >= 0.6 is 11.3 Å². The number of alkyl halides is 3. The molecule has 1 atom stereocenters. The third kappa shape index (κ3) is 6.17. The van der Waals surface area contributed by atoms with Crippen LogP contribution in [0.2, 0.25) is 0 Å². The second-order valence-corrected chi connectivity index (χ2v) is 13.1. The maximum absolute atomic E-state index is 14.2. The highest BCUT2D eigenvalue weighted by Gasteiger charge is 2.55. The van der Waals surface area contributed by atoms with Gasteiger partial charge in [0.15, 0.2) is 0 Å². The number of ether oxygens (including phenoxy) is 2. The number of carbonyl (C=O) groups is 1. The van der Waals surface area contributed by atoms with Crippen molar-refractivity contribution in [3.8, 4) is 21.7 Å². The van der Waals surface area contributed by atoms with E-state index in [2.05, 4.69) is 29.1 Å². The highest BCUT2D eigenvalue weighted by atomic mass is 32.1. The zero-order chi connectivity index (χ0) is 29.7. The van der Waals surface area contributed by atoms with Crippen molar-refractivity contribution in [1.82, 2.24) is 24.9 Å². The predicted molar refractivity (Wildman–Crippen MR) is 146 cm³/mol. The molecule has 12 heteroatoms. The fraction of sp³-hybridized carbons (Fsp3) is 0.571. The smallest absolute Gasteiger partial charge is 0.417 e. The zero-order valence-electron chi connectivity index (χ0n) is 24.1. The molecule has 0 aliphatic carbocycles. The van der Waals surface area contributed by atoms with E-state index in [1.165, 1.54) is 17.2 Å². The summed E-state index contributed by atoms with van der Waals surface area (Å²) in [6.45, 7) is 15.5. The van der Waals surface area contributed by atoms with Crippen molar-refractivity contribution in [3.63, 3.8) is 0 Å². The molecule has 1 aromatic carbocycles. The summed E-state index contributed by atoms with van der Waals surface area (Å²) in [7, 11) is 0. The summed E-state index contributed by atoms with van der Waals surface area (Å²) in [5, 5.41) is 13.5. The van der Waals surface area contributed by atoms with Crippen molar-refractivity contribution in [1.29, 1.82) is 0 Å². The molecule has 0 bridgehead atoms. The van der Waals surface area contributed by atoms with Crippen LogP contribution < -0.4 is 0 Å². The second kappa shape index (κ2) is 10.4. The van der Waals surface area contributed by atoms with Crippen LogP contribution in [-0.4, -0.2) is 48.9 Å². The monoisotopic (exact) mass is 579 g/mol. The third-order valence-electron chi connectivity index (χ3n) is 6.65. The Morgan fingerprint density at radius 1 is 1.15 bits per heavy atom. The van der Waals surface area contributed by atoms with Gasteiger partial charge in [-0.15, -0.1) is 10.2 Å². The average molecular weight is 580 g/mol. The van der Waals surface area contributed by atoms with Crippen LogP contribution in [-0.2, 0) is 27.7 Å². The highest BCUT2D eigenvalue weighted by Crippen LogP contribution is 2.45. The number of aryl methyl sites for hydroxylation is 1. The van der Waals surface area contributed by atoms with Gasteiger partial charge in [0.25, 0.3) is 0 Å². The van der Waals surface area contributed by atoms with Gasteiger partial charge in [-0.25, -0.2) is 4.79 Å². The van der Waals surface area contributed by atoms with Gasteiger partial charge in [0.1, 0.15) is 26.9 Å². The van der Waals surface area contributed by atoms with E-state index in [1.54, 1.807) is 58.5 Å². The fourth-order valence-corrected chi connectivity index (χ4v) is 5.62. The molecule has 1 amide bonds. The van der Waals surface area contributed by atoms with Gasteiger partial charge >= 0.3 is 12.3 Å². The van der Waals surface area contributed by atoms with Crippen molar-refractivity contribution in [2.45, 2.75) is 91.4 Å². The Bertz CT molecular complexity index is 1380. The number of carbonyl (C=O) groups excluding carboxylic acids is 1. The van der Waals surface area contributed by atoms with Crippen LogP contribution in [0.1, 0.15) is 72.4 Å². The standard InChI is InChI=1S/C28H36F3N5O3S/c1-17(2)11-12-35-15-19(14-32-35)20-10-9-18(13-21(20)28(29,30)31)22-33-34-23(40-22)27(8)16-38-26(6,7)36(27)24(37)39-25(3,4)5/h9-10,13-15,17H,11-12,16H2,1-8H3/t27-/m0/s1. The molecule has 218 valence electrons. The van der Waals surface area contributed by atoms with E-state index in [-0.39, 0.29) is 17.7 Å². The SMILES string of the molecule is CC(C)CCn1cc(-c2ccc(-c3nnc([C@]4(C)COC(C)(C)N4C(=O)OC(C)(C)C)s3)cc2C(F)(F)F)cn1. The maximum atomic E-state index is 14.2. The molecule has 1 saturated heterocycles. The number of benzene rings is 1. The Hall–Kier alpha value is -2.99. The molecule has 1 aliphatic heterocycles. The summed E-state index contributed by atoms with van der Waals surface area (Å²) in [6.07, 6.45) is -1.20. The molecule has 0 N–H and O–H groups in total. The van der Waals surface area contributed by atoms with E-state index >= 15 is 0 Å². The van der Waals surface area contributed by atoms with Gasteiger partial charge in [-0.1, -0.05) is 37.3 Å². The van der Waals surface area contributed by atoms with Gasteiger partial charge in [-0.3, -0.25) is 9.58 Å². The van der Waals surface area contributed by atoms with Crippen molar-refractivity contribution < 1.29 is 27.4 Å². The first-order chi connectivity index (χ1) is 18.4. The molecule has 40 heavy (non-hydrogen) atoms. The number of hydrogen-bond acceptors (Lipinski definition) is 7. The van der Waals surface area contributed by atoms with E-state index in [0.717, 1.165) is 23.8 Å². The molecule has 3 aromatic rings. The quantitative estimate of drug-likeness (QED) is 0.304. The Morgan fingerprint density at radius 2 is 1.85 bits per heavy atom. The Morgan fingerprint density at radius 3 is 2.48 bits per heavy atom. The predicted octanol–water partition coefficient (Wildman–Crippen LogP) is 7.35. The number of aromatic nitrogens is 4. The van der Waals surface area contributed by atoms with Gasteiger partial charge in [0.2, 0.25) is 0 Å². The molecule has 1 fully saturated rings. The highest BCUT2D eigenvalue weighted by molar-refractivity contribution is 7.14. The molecule has 0 unspecified atom stereocenters. The summed E-state index contributed by atoms with van der Waals surface area (Å²) < 4.78 is 55.9. The van der Waals surface area contributed by atoms with Crippen LogP contribution in [0.5, 0.6) is 0 Å². The summed E-state index contributed by atoms with van der Waals surface area (Å²) >= 11 is 1.12. The first-order valence-corrected chi connectivity index (χ1v) is 14.0. The van der Waals surface area contributed by atoms with Gasteiger partial charge in [0.05, 0.1) is 18.4 Å². The minimum atomic E-state index is -4.60. The molecule has 8 nitrogen and oxygen atoms in total. The van der Waals surface area contributed by atoms with E-state index < -0.39 is 34.7 Å². The van der Waals surface area contributed by atoms with Gasteiger partial charge in [0, 0.05) is 23.9 Å². The van der Waals surface area contributed by atoms with E-state index in [0.29, 0.717) is 28.0 Å². The van der Waals surface area contributed by atoms with Gasteiger partial charge < -0.3 is 9.47 Å². The lowest BCUT2D eigenvalue weighted by molar-refractivity contribution is -0.137. The minimum Gasteiger partial charge on any atom is -0.444 e. The average Bonchev–Trinajstić information content (AvgIpc) is 3.54. The molecule has 3 heterocycles. The van der Waals surface area contributed by atoms with E-state index in [1.807, 2.05) is 0 Å². The molecule has 0 saturated carbocycles. The van der Waals surface area contributed by atoms with Crippen molar-refractivity contribution in [2.24, 2.45) is 5.92 Å². The first kappa shape index (κ1) is 30.0. The Labute approximate surface area is 236 Å². The van der Waals surface area contributed by atoms with E-state index in [4.69, 9.17) is 9.47 Å². The van der Waals surface area contributed by atoms with Crippen molar-refractivity contribution in [3.05, 3.63) is 41.2 Å². The van der Waals surface area contributed by atoms with Crippen LogP contribution in [0, 0.1) is 5.92 Å². The molecular weight excluding hydrogens is 543 g/mol. The van der Waals surface area contributed by atoms with Crippen molar-refractivity contribution >= 4 is 17.4 Å². The lowest BCUT2D eigenvalue weighted by Crippen LogP contribution is -2.54. The number of hydrogen-bond donors (Lipinski definition) is 0. The minimum absolute atomic E-state index is 0.0470. The lowest BCUT2D eigenvalue weighted by atomic mass is 9.99. The topological polar surface area (TPSA) is 82.4 Å². The molecule has 0 spiro atoms. The number of rotatable bonds is 6. The molecule has 4 rings (SSSR count). The summed E-state index contributed by atoms with van der Waals surface area (Å²) in [4.78, 5) is 14.7. The summed E-state index contributed by atoms with van der Waals surface area (Å²) in [6, 6.07) is 4.14. The lowest BCUT2D eigenvalue weighted by Gasteiger charge is -2.39. The summed E-state index contributed by atoms with van der Waals surface area (Å²) in [5.74, 6) is 0.454. The molecule has 2 aromatic heterocycles. The van der Waals surface area contributed by atoms with Gasteiger partial charge in [-0.2, -0.15) is 18.3 Å². The van der Waals surface area contributed by atoms with Gasteiger partial charge in [-0.05, 0) is 65.5 Å². The Kier molecular flexibility index (Phi) is 7.83. The van der Waals surface area contributed by atoms with E-state index in [9.17, 15) is 18.0 Å². The first-order valence-electron chi connectivity index (χ1n) is 13.2. The normalized spacial score (nSPS) is 19.4. The second-order valence-electron chi connectivity index (χ2n) is 12.2. The van der Waals surface area contributed by atoms with Crippen LogP contribution in [0.15, 0.2) is 30.6 Å². The number of nitrogens with zero attached hydrogens (tertiary/aromatic N) is 5. The fourth-order valence-electron chi connectivity index (χ4n) is 4.66. The van der Waals surface area contributed by atoms with Crippen LogP contribution in [0.3, 0.4) is 0 Å². The molecule has 1 aliphatic rings.